The van der Waals surface area contributed by atoms with Crippen LogP contribution in [0.4, 0.5) is 0 Å². The van der Waals surface area contributed by atoms with E-state index in [2.05, 4.69) is 4.74 Å². The Labute approximate surface area is 101 Å². The SMILES string of the molecule is COC(=O)C(C)C(O)COCc1ccccc1. The van der Waals surface area contributed by atoms with E-state index in [4.69, 9.17) is 4.74 Å². The molecule has 2 unspecified atom stereocenters. The van der Waals surface area contributed by atoms with Crippen molar-refractivity contribution in [2.75, 3.05) is 13.7 Å². The van der Waals surface area contributed by atoms with Crippen LogP contribution in [0.1, 0.15) is 12.5 Å². The number of aliphatic hydroxyl groups excluding tert-OH is 1. The number of methoxy groups -OCH3 is 1. The van der Waals surface area contributed by atoms with Crippen molar-refractivity contribution < 1.29 is 19.4 Å². The van der Waals surface area contributed by atoms with Gasteiger partial charge in [0.05, 0.1) is 32.3 Å². The van der Waals surface area contributed by atoms with Crippen LogP contribution < -0.4 is 0 Å². The molecular weight excluding hydrogens is 220 g/mol. The number of hydrogen-bond donors (Lipinski definition) is 1. The molecule has 0 radical (unpaired) electrons. The van der Waals surface area contributed by atoms with Crippen LogP contribution in [0.15, 0.2) is 30.3 Å². The molecule has 0 saturated heterocycles. The van der Waals surface area contributed by atoms with E-state index in [-0.39, 0.29) is 6.61 Å². The van der Waals surface area contributed by atoms with Gasteiger partial charge in [0, 0.05) is 0 Å². The van der Waals surface area contributed by atoms with Crippen LogP contribution in [0.5, 0.6) is 0 Å². The molecule has 2 atom stereocenters. The predicted molar refractivity (Wildman–Crippen MR) is 63.3 cm³/mol. The first-order valence-corrected chi connectivity index (χ1v) is 5.52. The van der Waals surface area contributed by atoms with Gasteiger partial charge in [0.1, 0.15) is 0 Å². The van der Waals surface area contributed by atoms with E-state index in [1.807, 2.05) is 30.3 Å². The van der Waals surface area contributed by atoms with Gasteiger partial charge in [-0.15, -0.1) is 0 Å². The maximum absolute atomic E-state index is 11.1. The molecule has 0 aliphatic rings. The van der Waals surface area contributed by atoms with E-state index < -0.39 is 18.0 Å². The van der Waals surface area contributed by atoms with Crippen molar-refractivity contribution in [2.45, 2.75) is 19.6 Å². The van der Waals surface area contributed by atoms with Crippen LogP contribution in [0, 0.1) is 5.92 Å². The van der Waals surface area contributed by atoms with E-state index in [1.54, 1.807) is 6.92 Å². The summed E-state index contributed by atoms with van der Waals surface area (Å²) in [7, 11) is 1.30. The van der Waals surface area contributed by atoms with E-state index in [1.165, 1.54) is 7.11 Å². The number of rotatable bonds is 6. The molecule has 1 aromatic rings. The molecule has 0 aromatic heterocycles. The summed E-state index contributed by atoms with van der Waals surface area (Å²) < 4.78 is 9.88. The lowest BCUT2D eigenvalue weighted by atomic mass is 10.1. The number of carbonyl (C=O) groups is 1. The van der Waals surface area contributed by atoms with Gasteiger partial charge in [-0.05, 0) is 12.5 Å². The average molecular weight is 238 g/mol. The Hall–Kier alpha value is -1.39. The predicted octanol–water partition coefficient (Wildman–Crippen LogP) is 1.37. The standard InChI is InChI=1S/C13H18O4/c1-10(13(15)16-2)12(14)9-17-8-11-6-4-3-5-7-11/h3-7,10,12,14H,8-9H2,1-2H3. The monoisotopic (exact) mass is 238 g/mol. The number of ether oxygens (including phenoxy) is 2. The lowest BCUT2D eigenvalue weighted by Crippen LogP contribution is -2.30. The molecule has 1 N–H and O–H groups in total. The molecule has 0 saturated carbocycles. The number of benzene rings is 1. The maximum atomic E-state index is 11.1. The molecule has 0 heterocycles. The molecule has 1 rings (SSSR count). The first-order chi connectivity index (χ1) is 8.15. The Bertz CT molecular complexity index is 337. The van der Waals surface area contributed by atoms with Gasteiger partial charge in [-0.25, -0.2) is 0 Å². The van der Waals surface area contributed by atoms with Gasteiger partial charge in [-0.1, -0.05) is 30.3 Å². The van der Waals surface area contributed by atoms with Crippen LogP contribution in [-0.2, 0) is 20.9 Å². The Morgan fingerprint density at radius 2 is 2.00 bits per heavy atom. The number of aliphatic hydroxyl groups is 1. The van der Waals surface area contributed by atoms with Crippen molar-refractivity contribution in [3.05, 3.63) is 35.9 Å². The highest BCUT2D eigenvalue weighted by Crippen LogP contribution is 2.07. The van der Waals surface area contributed by atoms with E-state index in [0.717, 1.165) is 5.56 Å². The van der Waals surface area contributed by atoms with Crippen molar-refractivity contribution in [1.29, 1.82) is 0 Å². The number of hydrogen-bond acceptors (Lipinski definition) is 4. The summed E-state index contributed by atoms with van der Waals surface area (Å²) >= 11 is 0. The average Bonchev–Trinajstić information content (AvgIpc) is 2.38. The van der Waals surface area contributed by atoms with E-state index >= 15 is 0 Å². The van der Waals surface area contributed by atoms with Crippen LogP contribution in [0.3, 0.4) is 0 Å². The van der Waals surface area contributed by atoms with Gasteiger partial charge in [-0.2, -0.15) is 0 Å². The summed E-state index contributed by atoms with van der Waals surface area (Å²) in [5.41, 5.74) is 1.03. The van der Waals surface area contributed by atoms with Gasteiger partial charge in [0.2, 0.25) is 0 Å². The molecule has 0 bridgehead atoms. The Morgan fingerprint density at radius 3 is 2.59 bits per heavy atom. The Morgan fingerprint density at radius 1 is 1.35 bits per heavy atom. The van der Waals surface area contributed by atoms with E-state index in [9.17, 15) is 9.90 Å². The first kappa shape index (κ1) is 13.7. The number of esters is 1. The fourth-order valence-electron chi connectivity index (χ4n) is 1.36. The smallest absolute Gasteiger partial charge is 0.311 e. The topological polar surface area (TPSA) is 55.8 Å². The summed E-state index contributed by atoms with van der Waals surface area (Å²) in [5.74, 6) is -1.00. The second-order valence-corrected chi connectivity index (χ2v) is 3.88. The molecule has 4 heteroatoms. The lowest BCUT2D eigenvalue weighted by Gasteiger charge is -2.16. The fraction of sp³-hybridized carbons (Fsp3) is 0.462. The fourth-order valence-corrected chi connectivity index (χ4v) is 1.36. The molecule has 17 heavy (non-hydrogen) atoms. The lowest BCUT2D eigenvalue weighted by molar-refractivity contribution is -0.150. The zero-order valence-electron chi connectivity index (χ0n) is 10.1. The van der Waals surface area contributed by atoms with Crippen LogP contribution in [-0.4, -0.2) is 30.9 Å². The van der Waals surface area contributed by atoms with Crippen molar-refractivity contribution in [2.24, 2.45) is 5.92 Å². The summed E-state index contributed by atoms with van der Waals surface area (Å²) in [5, 5.41) is 9.67. The molecule has 0 fully saturated rings. The third kappa shape index (κ3) is 4.54. The van der Waals surface area contributed by atoms with Gasteiger partial charge in [0.25, 0.3) is 0 Å². The third-order valence-electron chi connectivity index (χ3n) is 2.55. The van der Waals surface area contributed by atoms with Gasteiger partial charge >= 0.3 is 5.97 Å². The van der Waals surface area contributed by atoms with Crippen molar-refractivity contribution in [3.8, 4) is 0 Å². The van der Waals surface area contributed by atoms with Crippen LogP contribution in [0.25, 0.3) is 0 Å². The van der Waals surface area contributed by atoms with Crippen molar-refractivity contribution in [3.63, 3.8) is 0 Å². The second kappa shape index (κ2) is 7.04. The van der Waals surface area contributed by atoms with Crippen molar-refractivity contribution in [1.82, 2.24) is 0 Å². The summed E-state index contributed by atoms with van der Waals surface area (Å²) in [6.45, 7) is 2.15. The Kier molecular flexibility index (Phi) is 5.66. The van der Waals surface area contributed by atoms with Crippen molar-refractivity contribution >= 4 is 5.97 Å². The molecule has 4 nitrogen and oxygen atoms in total. The molecule has 0 spiro atoms. The van der Waals surface area contributed by atoms with Crippen LogP contribution in [0.2, 0.25) is 0 Å². The Balaban J connectivity index is 2.29. The molecule has 1 aromatic carbocycles. The molecule has 0 amide bonds. The molecule has 0 aliphatic heterocycles. The van der Waals surface area contributed by atoms with Gasteiger partial charge < -0.3 is 14.6 Å². The minimum atomic E-state index is -0.842. The van der Waals surface area contributed by atoms with Gasteiger partial charge in [0.15, 0.2) is 0 Å². The summed E-state index contributed by atoms with van der Waals surface area (Å²) in [6.07, 6.45) is -0.842. The molecule has 0 aliphatic carbocycles. The van der Waals surface area contributed by atoms with Gasteiger partial charge in [-0.3, -0.25) is 4.79 Å². The quantitative estimate of drug-likeness (QED) is 0.761. The molecular formula is C13H18O4. The summed E-state index contributed by atoms with van der Waals surface area (Å²) in [4.78, 5) is 11.1. The highest BCUT2D eigenvalue weighted by Gasteiger charge is 2.22. The largest absolute Gasteiger partial charge is 0.469 e. The highest BCUT2D eigenvalue weighted by atomic mass is 16.5. The second-order valence-electron chi connectivity index (χ2n) is 3.88. The minimum Gasteiger partial charge on any atom is -0.469 e. The third-order valence-corrected chi connectivity index (χ3v) is 2.55. The zero-order valence-corrected chi connectivity index (χ0v) is 10.1. The van der Waals surface area contributed by atoms with Crippen LogP contribution >= 0.6 is 0 Å². The summed E-state index contributed by atoms with van der Waals surface area (Å²) in [6, 6.07) is 9.66. The maximum Gasteiger partial charge on any atom is 0.311 e. The zero-order chi connectivity index (χ0) is 12.7. The normalized spacial score (nSPS) is 14.1. The molecule has 94 valence electrons. The highest BCUT2D eigenvalue weighted by molar-refractivity contribution is 5.72. The number of carbonyl (C=O) groups excluding carboxylic acids is 1. The first-order valence-electron chi connectivity index (χ1n) is 5.52. The minimum absolute atomic E-state index is 0.116. The van der Waals surface area contributed by atoms with E-state index in [0.29, 0.717) is 6.61 Å².